The monoisotopic (exact) mass is 443 g/mol. The largest absolute Gasteiger partial charge is 0.480 e. The molecule has 3 aromatic carbocycles. The molecular weight excluding hydrogens is 417 g/mol. The van der Waals surface area contributed by atoms with Crippen molar-refractivity contribution in [2.45, 2.75) is 38.5 Å². The zero-order valence-electron chi connectivity index (χ0n) is 18.5. The molecule has 2 N–H and O–H groups in total. The fourth-order valence-corrected chi connectivity index (χ4v) is 4.37. The first-order valence-corrected chi connectivity index (χ1v) is 11.0. The van der Waals surface area contributed by atoms with Crippen molar-refractivity contribution in [1.82, 2.24) is 4.90 Å². The van der Waals surface area contributed by atoms with Crippen molar-refractivity contribution in [3.8, 4) is 23.0 Å². The normalized spacial score (nSPS) is 18.4. The van der Waals surface area contributed by atoms with Crippen LogP contribution < -0.4 is 0 Å². The molecule has 0 amide bonds. The molecule has 2 atom stereocenters. The molecule has 0 bridgehead atoms. The zero-order chi connectivity index (χ0) is 23.4. The van der Waals surface area contributed by atoms with E-state index in [1.807, 2.05) is 55.5 Å². The third-order valence-corrected chi connectivity index (χ3v) is 6.13. The zero-order valence-corrected chi connectivity index (χ0v) is 18.5. The van der Waals surface area contributed by atoms with E-state index in [9.17, 15) is 19.4 Å². The van der Waals surface area contributed by atoms with E-state index < -0.39 is 23.9 Å². The van der Waals surface area contributed by atoms with Gasteiger partial charge in [0.1, 0.15) is 11.9 Å². The minimum absolute atomic E-state index is 0.261. The summed E-state index contributed by atoms with van der Waals surface area (Å²) in [5.41, 5.74) is 5.02. The highest BCUT2D eigenvalue weighted by Crippen LogP contribution is 2.25. The number of halogens is 1. The number of carboxylic acids is 1. The van der Waals surface area contributed by atoms with Gasteiger partial charge in [-0.25, -0.2) is 4.39 Å². The van der Waals surface area contributed by atoms with Gasteiger partial charge in [0.15, 0.2) is 0 Å². The highest BCUT2D eigenvalue weighted by Gasteiger charge is 2.35. The first-order chi connectivity index (χ1) is 15.9. The van der Waals surface area contributed by atoms with Crippen molar-refractivity contribution >= 4 is 5.97 Å². The van der Waals surface area contributed by atoms with Crippen molar-refractivity contribution < 1.29 is 19.4 Å². The number of piperidine rings is 1. The number of likely N-dealkylation sites (tertiary alicyclic amines) is 1. The molecular formula is C28H26FNO3. The molecule has 2 unspecified atom stereocenters. The van der Waals surface area contributed by atoms with E-state index in [4.69, 9.17) is 0 Å². The van der Waals surface area contributed by atoms with Crippen molar-refractivity contribution in [3.63, 3.8) is 0 Å². The van der Waals surface area contributed by atoms with E-state index in [2.05, 4.69) is 11.8 Å². The van der Waals surface area contributed by atoms with E-state index >= 15 is 0 Å². The molecule has 0 radical (unpaired) electrons. The second-order valence-corrected chi connectivity index (χ2v) is 8.37. The average molecular weight is 444 g/mol. The maximum absolute atomic E-state index is 14.8. The summed E-state index contributed by atoms with van der Waals surface area (Å²) < 4.78 is 14.8. The fourth-order valence-electron chi connectivity index (χ4n) is 4.37. The third-order valence-electron chi connectivity index (χ3n) is 6.13. The molecule has 4 rings (SSSR count). The molecule has 1 saturated heterocycles. The summed E-state index contributed by atoms with van der Waals surface area (Å²) in [4.78, 5) is 13.2. The van der Waals surface area contributed by atoms with Crippen LogP contribution in [0.3, 0.4) is 0 Å². The first kappa shape index (κ1) is 22.7. The number of aliphatic carboxylic acids is 1. The second-order valence-electron chi connectivity index (χ2n) is 8.37. The van der Waals surface area contributed by atoms with Crippen molar-refractivity contribution in [3.05, 3.63) is 94.8 Å². The number of carbonyl (C=O) groups is 1. The summed E-state index contributed by atoms with van der Waals surface area (Å²) in [5.74, 6) is 4.54. The van der Waals surface area contributed by atoms with Gasteiger partial charge in [-0.3, -0.25) is 9.69 Å². The van der Waals surface area contributed by atoms with E-state index in [1.165, 1.54) is 6.07 Å². The Bertz CT molecular complexity index is 1210. The fraction of sp³-hybridized carbons (Fsp3) is 0.250. The number of aliphatic hydroxyl groups excluding tert-OH is 1. The van der Waals surface area contributed by atoms with Crippen molar-refractivity contribution in [2.75, 3.05) is 6.54 Å². The molecule has 0 aromatic heterocycles. The number of hydrogen-bond acceptors (Lipinski definition) is 3. The number of benzene rings is 3. The van der Waals surface area contributed by atoms with Crippen LogP contribution in [0.1, 0.15) is 35.1 Å². The number of hydrogen-bond donors (Lipinski definition) is 2. The quantitative estimate of drug-likeness (QED) is 0.578. The topological polar surface area (TPSA) is 60.8 Å². The first-order valence-electron chi connectivity index (χ1n) is 11.0. The minimum atomic E-state index is -1.06. The Kier molecular flexibility index (Phi) is 6.88. The second kappa shape index (κ2) is 9.99. The van der Waals surface area contributed by atoms with Crippen molar-refractivity contribution in [1.29, 1.82) is 0 Å². The molecule has 0 spiro atoms. The van der Waals surface area contributed by atoms with Crippen LogP contribution in [-0.2, 0) is 11.3 Å². The number of rotatable bonds is 4. The Hall–Kier alpha value is -3.46. The van der Waals surface area contributed by atoms with Gasteiger partial charge in [-0.15, -0.1) is 0 Å². The van der Waals surface area contributed by atoms with Crippen LogP contribution in [0.2, 0.25) is 0 Å². The lowest BCUT2D eigenvalue weighted by Crippen LogP contribution is -2.52. The SMILES string of the molecule is Cc1c(C#Cc2ccc(CN3CCCC(O)C3C(=O)O)cc2F)cccc1-c1ccccc1. The highest BCUT2D eigenvalue weighted by atomic mass is 19.1. The number of aliphatic hydroxyl groups is 1. The van der Waals surface area contributed by atoms with Crippen LogP contribution in [0.15, 0.2) is 66.7 Å². The maximum Gasteiger partial charge on any atom is 0.323 e. The standard InChI is InChI=1S/C28H26FNO3/c1-19-21(9-5-10-24(19)22-7-3-2-4-8-22)14-15-23-13-12-20(17-25(23)29)18-30-16-6-11-26(31)27(30)28(32)33/h2-5,7-10,12-13,17,26-27,31H,6,11,16,18H2,1H3,(H,32,33). The molecule has 1 aliphatic rings. The van der Waals surface area contributed by atoms with Gasteiger partial charge in [-0.2, -0.15) is 0 Å². The molecule has 0 aliphatic carbocycles. The Morgan fingerprint density at radius 3 is 2.55 bits per heavy atom. The summed E-state index contributed by atoms with van der Waals surface area (Å²) in [5, 5.41) is 19.5. The minimum Gasteiger partial charge on any atom is -0.480 e. The molecule has 4 nitrogen and oxygen atoms in total. The summed E-state index contributed by atoms with van der Waals surface area (Å²) in [6.45, 7) is 2.82. The van der Waals surface area contributed by atoms with E-state index in [0.717, 1.165) is 22.3 Å². The van der Waals surface area contributed by atoms with Gasteiger partial charge in [0, 0.05) is 12.1 Å². The van der Waals surface area contributed by atoms with Gasteiger partial charge in [0.2, 0.25) is 0 Å². The van der Waals surface area contributed by atoms with Gasteiger partial charge < -0.3 is 10.2 Å². The predicted molar refractivity (Wildman–Crippen MR) is 126 cm³/mol. The lowest BCUT2D eigenvalue weighted by molar-refractivity contribution is -0.150. The molecule has 1 heterocycles. The Morgan fingerprint density at radius 2 is 1.82 bits per heavy atom. The summed E-state index contributed by atoms with van der Waals surface area (Å²) in [6.07, 6.45) is 0.251. The van der Waals surface area contributed by atoms with Gasteiger partial charge in [-0.05, 0) is 66.8 Å². The maximum atomic E-state index is 14.8. The smallest absolute Gasteiger partial charge is 0.323 e. The van der Waals surface area contributed by atoms with Gasteiger partial charge >= 0.3 is 5.97 Å². The van der Waals surface area contributed by atoms with Crippen LogP contribution in [0.25, 0.3) is 11.1 Å². The molecule has 3 aromatic rings. The Labute approximate surface area is 193 Å². The Balaban J connectivity index is 1.54. The van der Waals surface area contributed by atoms with E-state index in [-0.39, 0.29) is 12.1 Å². The molecule has 0 saturated carbocycles. The molecule has 168 valence electrons. The molecule has 5 heteroatoms. The average Bonchev–Trinajstić information content (AvgIpc) is 2.80. The van der Waals surface area contributed by atoms with Crippen LogP contribution in [0, 0.1) is 24.6 Å². The van der Waals surface area contributed by atoms with Crippen molar-refractivity contribution in [2.24, 2.45) is 0 Å². The predicted octanol–water partition coefficient (Wildman–Crippen LogP) is 4.61. The summed E-state index contributed by atoms with van der Waals surface area (Å²) >= 11 is 0. The summed E-state index contributed by atoms with van der Waals surface area (Å²) in [6, 6.07) is 19.8. The lowest BCUT2D eigenvalue weighted by Gasteiger charge is -2.36. The summed E-state index contributed by atoms with van der Waals surface area (Å²) in [7, 11) is 0. The molecule has 1 aliphatic heterocycles. The van der Waals surface area contributed by atoms with E-state index in [0.29, 0.717) is 24.9 Å². The Morgan fingerprint density at radius 1 is 1.06 bits per heavy atom. The number of nitrogens with zero attached hydrogens (tertiary/aromatic N) is 1. The van der Waals surface area contributed by atoms with Crippen LogP contribution >= 0.6 is 0 Å². The third kappa shape index (κ3) is 5.14. The molecule has 1 fully saturated rings. The van der Waals surface area contributed by atoms with Gasteiger partial charge in [0.25, 0.3) is 0 Å². The van der Waals surface area contributed by atoms with E-state index in [1.54, 1.807) is 17.0 Å². The number of carboxylic acid groups (broad SMARTS) is 1. The van der Waals surface area contributed by atoms with Gasteiger partial charge in [-0.1, -0.05) is 60.4 Å². The van der Waals surface area contributed by atoms with Crippen LogP contribution in [0.4, 0.5) is 4.39 Å². The van der Waals surface area contributed by atoms with Gasteiger partial charge in [0.05, 0.1) is 11.7 Å². The van der Waals surface area contributed by atoms with Crippen LogP contribution in [0.5, 0.6) is 0 Å². The molecule has 33 heavy (non-hydrogen) atoms. The van der Waals surface area contributed by atoms with Crippen LogP contribution in [-0.4, -0.2) is 39.8 Å². The lowest BCUT2D eigenvalue weighted by atomic mass is 9.96. The highest BCUT2D eigenvalue weighted by molar-refractivity contribution is 5.74.